The SMILES string of the molecule is CC(C)C[C@@H]1[C@H](N2C(=O)OC[C@@H]2c2ccccc2)C(=O)N1C. The van der Waals surface area contributed by atoms with Gasteiger partial charge in [0, 0.05) is 7.05 Å². The number of β-lactam (4-membered cyclic amide) rings is 1. The molecule has 0 aliphatic carbocycles. The van der Waals surface area contributed by atoms with Crippen molar-refractivity contribution in [2.75, 3.05) is 13.7 Å². The second-order valence-electron chi connectivity index (χ2n) is 6.50. The molecule has 0 aromatic heterocycles. The number of carbonyl (C=O) groups excluding carboxylic acids is 2. The fraction of sp³-hybridized carbons (Fsp3) is 0.529. The van der Waals surface area contributed by atoms with Gasteiger partial charge in [-0.3, -0.25) is 9.69 Å². The van der Waals surface area contributed by atoms with E-state index in [-0.39, 0.29) is 24.1 Å². The van der Waals surface area contributed by atoms with Gasteiger partial charge in [0.05, 0.1) is 12.1 Å². The molecular formula is C17H22N2O3. The predicted molar refractivity (Wildman–Crippen MR) is 82.2 cm³/mol. The summed E-state index contributed by atoms with van der Waals surface area (Å²) in [5, 5.41) is 0. The van der Waals surface area contributed by atoms with Crippen LogP contribution in [0.5, 0.6) is 0 Å². The Morgan fingerprint density at radius 3 is 2.55 bits per heavy atom. The Balaban J connectivity index is 1.87. The first kappa shape index (κ1) is 14.9. The van der Waals surface area contributed by atoms with Crippen LogP contribution in [0.15, 0.2) is 30.3 Å². The highest BCUT2D eigenvalue weighted by atomic mass is 16.6. The topological polar surface area (TPSA) is 49.9 Å². The van der Waals surface area contributed by atoms with E-state index < -0.39 is 6.04 Å². The van der Waals surface area contributed by atoms with Gasteiger partial charge in [-0.25, -0.2) is 4.79 Å². The average Bonchev–Trinajstić information content (AvgIpc) is 2.88. The molecule has 2 aliphatic heterocycles. The fourth-order valence-electron chi connectivity index (χ4n) is 3.41. The second-order valence-corrected chi connectivity index (χ2v) is 6.50. The molecule has 0 saturated carbocycles. The van der Waals surface area contributed by atoms with Crippen molar-refractivity contribution in [2.45, 2.75) is 38.4 Å². The summed E-state index contributed by atoms with van der Waals surface area (Å²) in [6.45, 7) is 4.57. The Bertz CT molecular complexity index is 573. The summed E-state index contributed by atoms with van der Waals surface area (Å²) in [4.78, 5) is 27.9. The molecule has 1 aromatic rings. The van der Waals surface area contributed by atoms with E-state index in [1.807, 2.05) is 37.4 Å². The molecular weight excluding hydrogens is 280 g/mol. The number of likely N-dealkylation sites (N-methyl/N-ethyl adjacent to an activating group) is 1. The lowest BCUT2D eigenvalue weighted by Gasteiger charge is -2.49. The highest BCUT2D eigenvalue weighted by Gasteiger charge is 2.54. The zero-order chi connectivity index (χ0) is 15.9. The van der Waals surface area contributed by atoms with Crippen LogP contribution in [0.1, 0.15) is 31.9 Å². The van der Waals surface area contributed by atoms with Gasteiger partial charge in [-0.05, 0) is 17.9 Å². The van der Waals surface area contributed by atoms with Crippen molar-refractivity contribution < 1.29 is 14.3 Å². The maximum atomic E-state index is 12.3. The first-order chi connectivity index (χ1) is 10.5. The van der Waals surface area contributed by atoms with E-state index in [0.29, 0.717) is 12.5 Å². The Morgan fingerprint density at radius 1 is 1.23 bits per heavy atom. The van der Waals surface area contributed by atoms with Crippen molar-refractivity contribution in [2.24, 2.45) is 5.92 Å². The molecule has 22 heavy (non-hydrogen) atoms. The Labute approximate surface area is 130 Å². The first-order valence-electron chi connectivity index (χ1n) is 7.77. The maximum absolute atomic E-state index is 12.3. The predicted octanol–water partition coefficient (Wildman–Crippen LogP) is 2.44. The van der Waals surface area contributed by atoms with Crippen molar-refractivity contribution in [3.8, 4) is 0 Å². The molecule has 2 fully saturated rings. The minimum Gasteiger partial charge on any atom is -0.447 e. The van der Waals surface area contributed by atoms with Crippen LogP contribution in [0.25, 0.3) is 0 Å². The molecule has 2 heterocycles. The van der Waals surface area contributed by atoms with Crippen LogP contribution < -0.4 is 0 Å². The lowest BCUT2D eigenvalue weighted by atomic mass is 9.86. The first-order valence-corrected chi connectivity index (χ1v) is 7.77. The van der Waals surface area contributed by atoms with Crippen LogP contribution >= 0.6 is 0 Å². The van der Waals surface area contributed by atoms with Gasteiger partial charge in [0.1, 0.15) is 12.6 Å². The smallest absolute Gasteiger partial charge is 0.411 e. The van der Waals surface area contributed by atoms with E-state index in [0.717, 1.165) is 12.0 Å². The number of carbonyl (C=O) groups is 2. The molecule has 5 nitrogen and oxygen atoms in total. The van der Waals surface area contributed by atoms with E-state index in [9.17, 15) is 9.59 Å². The molecule has 0 radical (unpaired) electrons. The number of nitrogens with zero attached hydrogens (tertiary/aromatic N) is 2. The van der Waals surface area contributed by atoms with Crippen molar-refractivity contribution >= 4 is 12.0 Å². The van der Waals surface area contributed by atoms with Gasteiger partial charge in [-0.1, -0.05) is 44.2 Å². The summed E-state index contributed by atoms with van der Waals surface area (Å²) in [7, 11) is 1.81. The third-order valence-corrected chi connectivity index (χ3v) is 4.57. The van der Waals surface area contributed by atoms with Gasteiger partial charge in [0.15, 0.2) is 0 Å². The van der Waals surface area contributed by atoms with Crippen LogP contribution in [-0.2, 0) is 9.53 Å². The molecule has 0 unspecified atom stereocenters. The highest BCUT2D eigenvalue weighted by Crippen LogP contribution is 2.37. The van der Waals surface area contributed by atoms with Gasteiger partial charge >= 0.3 is 6.09 Å². The summed E-state index contributed by atoms with van der Waals surface area (Å²) in [5.74, 6) is 0.474. The maximum Gasteiger partial charge on any atom is 0.411 e. The van der Waals surface area contributed by atoms with Gasteiger partial charge in [0.25, 0.3) is 0 Å². The average molecular weight is 302 g/mol. The molecule has 118 valence electrons. The van der Waals surface area contributed by atoms with Crippen molar-refractivity contribution in [1.82, 2.24) is 9.80 Å². The van der Waals surface area contributed by atoms with Gasteiger partial charge in [0.2, 0.25) is 5.91 Å². The number of cyclic esters (lactones) is 1. The number of hydrogen-bond acceptors (Lipinski definition) is 3. The molecule has 2 amide bonds. The highest BCUT2D eigenvalue weighted by molar-refractivity contribution is 5.92. The molecule has 0 bridgehead atoms. The van der Waals surface area contributed by atoms with Crippen molar-refractivity contribution in [3.63, 3.8) is 0 Å². The molecule has 1 aromatic carbocycles. The summed E-state index contributed by atoms with van der Waals surface area (Å²) < 4.78 is 5.24. The van der Waals surface area contributed by atoms with Crippen LogP contribution in [0.3, 0.4) is 0 Å². The number of hydrogen-bond donors (Lipinski definition) is 0. The third-order valence-electron chi connectivity index (χ3n) is 4.57. The molecule has 3 rings (SSSR count). The van der Waals surface area contributed by atoms with E-state index in [4.69, 9.17) is 4.74 Å². The number of benzene rings is 1. The number of likely N-dealkylation sites (tertiary alicyclic amines) is 1. The molecule has 2 aliphatic rings. The van der Waals surface area contributed by atoms with Crippen molar-refractivity contribution in [3.05, 3.63) is 35.9 Å². The minimum atomic E-state index is -0.396. The minimum absolute atomic E-state index is 0.00503. The Hall–Kier alpha value is -2.04. The Kier molecular flexibility index (Phi) is 3.81. The van der Waals surface area contributed by atoms with Crippen LogP contribution in [0.4, 0.5) is 4.79 Å². The Morgan fingerprint density at radius 2 is 1.91 bits per heavy atom. The van der Waals surface area contributed by atoms with Crippen molar-refractivity contribution in [1.29, 1.82) is 0 Å². The van der Waals surface area contributed by atoms with E-state index in [1.165, 1.54) is 0 Å². The monoisotopic (exact) mass is 302 g/mol. The summed E-state index contributed by atoms with van der Waals surface area (Å²) in [6.07, 6.45) is 0.507. The van der Waals surface area contributed by atoms with Crippen LogP contribution in [-0.4, -0.2) is 47.5 Å². The largest absolute Gasteiger partial charge is 0.447 e. The summed E-state index contributed by atoms with van der Waals surface area (Å²) in [5.41, 5.74) is 1.01. The summed E-state index contributed by atoms with van der Waals surface area (Å²) >= 11 is 0. The van der Waals surface area contributed by atoms with E-state index in [2.05, 4.69) is 13.8 Å². The van der Waals surface area contributed by atoms with Gasteiger partial charge in [-0.15, -0.1) is 0 Å². The molecule has 5 heteroatoms. The lowest BCUT2D eigenvalue weighted by molar-refractivity contribution is -0.156. The quantitative estimate of drug-likeness (QED) is 0.803. The van der Waals surface area contributed by atoms with Gasteiger partial charge < -0.3 is 9.64 Å². The van der Waals surface area contributed by atoms with E-state index in [1.54, 1.807) is 9.80 Å². The standard InChI is InChI=1S/C17H22N2O3/c1-11(2)9-13-15(16(20)18(13)3)19-14(10-22-17(19)21)12-7-5-4-6-8-12/h4-8,11,13-15H,9-10H2,1-3H3/t13-,14-,15+/m1/s1. The number of amides is 2. The number of ether oxygens (including phenoxy) is 1. The van der Waals surface area contributed by atoms with Crippen LogP contribution in [0.2, 0.25) is 0 Å². The molecule has 2 saturated heterocycles. The fourth-order valence-corrected chi connectivity index (χ4v) is 3.41. The third kappa shape index (κ3) is 2.34. The molecule has 3 atom stereocenters. The lowest BCUT2D eigenvalue weighted by Crippen LogP contribution is -2.69. The number of rotatable bonds is 4. The molecule has 0 spiro atoms. The zero-order valence-corrected chi connectivity index (χ0v) is 13.2. The second kappa shape index (κ2) is 5.63. The molecule has 0 N–H and O–H groups in total. The van der Waals surface area contributed by atoms with E-state index >= 15 is 0 Å². The normalized spacial score (nSPS) is 28.1. The van der Waals surface area contributed by atoms with Crippen LogP contribution in [0, 0.1) is 5.92 Å². The zero-order valence-electron chi connectivity index (χ0n) is 13.2. The van der Waals surface area contributed by atoms with Gasteiger partial charge in [-0.2, -0.15) is 0 Å². The summed E-state index contributed by atoms with van der Waals surface area (Å²) in [6, 6.07) is 9.28.